The molecule has 0 unspecified atom stereocenters. The van der Waals surface area contributed by atoms with Crippen molar-refractivity contribution in [1.29, 1.82) is 0 Å². The number of hydrogen-bond donors (Lipinski definition) is 1. The Labute approximate surface area is 161 Å². The van der Waals surface area contributed by atoms with Gasteiger partial charge in [-0.1, -0.05) is 18.2 Å². The molecule has 1 aliphatic rings. The molecule has 0 atom stereocenters. The van der Waals surface area contributed by atoms with Crippen molar-refractivity contribution in [2.45, 2.75) is 52.1 Å². The molecule has 2 heterocycles. The first-order chi connectivity index (χ1) is 13.3. The fourth-order valence-electron chi connectivity index (χ4n) is 3.51. The van der Waals surface area contributed by atoms with Crippen LogP contribution in [0, 0.1) is 13.8 Å². The number of aryl methyl sites for hydroxylation is 1. The van der Waals surface area contributed by atoms with E-state index in [9.17, 15) is 13.6 Å². The van der Waals surface area contributed by atoms with Crippen molar-refractivity contribution in [2.24, 2.45) is 0 Å². The van der Waals surface area contributed by atoms with E-state index in [-0.39, 0.29) is 16.7 Å². The highest BCUT2D eigenvalue weighted by atomic mass is 19.3. The Balaban J connectivity index is 1.73. The summed E-state index contributed by atoms with van der Waals surface area (Å²) in [7, 11) is 0. The van der Waals surface area contributed by atoms with Crippen LogP contribution < -0.4 is 10.9 Å². The SMILES string of the molecule is Cc1nc(NCc2cccc(C(F)F)c2C)c2cn(C3(C)CC3)c(=O)cc2n1. The Morgan fingerprint density at radius 3 is 2.68 bits per heavy atom. The fourth-order valence-corrected chi connectivity index (χ4v) is 3.51. The van der Waals surface area contributed by atoms with Gasteiger partial charge in [-0.25, -0.2) is 18.7 Å². The van der Waals surface area contributed by atoms with Crippen molar-refractivity contribution in [3.05, 3.63) is 63.3 Å². The monoisotopic (exact) mass is 384 g/mol. The lowest BCUT2D eigenvalue weighted by molar-refractivity contribution is 0.150. The van der Waals surface area contributed by atoms with Crippen LogP contribution in [0.3, 0.4) is 0 Å². The predicted molar refractivity (Wildman–Crippen MR) is 105 cm³/mol. The molecule has 146 valence electrons. The van der Waals surface area contributed by atoms with Crippen molar-refractivity contribution in [1.82, 2.24) is 14.5 Å². The molecular weight excluding hydrogens is 362 g/mol. The number of hydrogen-bond acceptors (Lipinski definition) is 4. The average Bonchev–Trinajstić information content (AvgIpc) is 3.38. The maximum absolute atomic E-state index is 13.2. The summed E-state index contributed by atoms with van der Waals surface area (Å²) in [6.07, 6.45) is 1.24. The summed E-state index contributed by atoms with van der Waals surface area (Å²) >= 11 is 0. The summed E-state index contributed by atoms with van der Waals surface area (Å²) in [6.45, 7) is 5.88. The van der Waals surface area contributed by atoms with Crippen LogP contribution >= 0.6 is 0 Å². The lowest BCUT2D eigenvalue weighted by Crippen LogP contribution is -2.27. The molecule has 2 aromatic heterocycles. The third-order valence-electron chi connectivity index (χ3n) is 5.57. The summed E-state index contributed by atoms with van der Waals surface area (Å²) in [5.74, 6) is 1.14. The van der Waals surface area contributed by atoms with Gasteiger partial charge in [-0.15, -0.1) is 0 Å². The zero-order chi connectivity index (χ0) is 20.1. The number of pyridine rings is 1. The minimum atomic E-state index is -2.50. The highest BCUT2D eigenvalue weighted by molar-refractivity contribution is 5.88. The number of rotatable bonds is 5. The number of anilines is 1. The summed E-state index contributed by atoms with van der Waals surface area (Å²) in [5, 5.41) is 4.01. The van der Waals surface area contributed by atoms with E-state index in [4.69, 9.17) is 0 Å². The van der Waals surface area contributed by atoms with E-state index in [1.165, 1.54) is 6.07 Å². The van der Waals surface area contributed by atoms with Gasteiger partial charge in [-0.05, 0) is 44.7 Å². The maximum Gasteiger partial charge on any atom is 0.264 e. The molecule has 1 fully saturated rings. The van der Waals surface area contributed by atoms with Crippen LogP contribution in [0.25, 0.3) is 10.9 Å². The number of halogens is 2. The molecule has 1 aliphatic carbocycles. The predicted octanol–water partition coefficient (Wildman–Crippen LogP) is 4.47. The molecule has 0 spiro atoms. The molecule has 1 saturated carbocycles. The van der Waals surface area contributed by atoms with Crippen molar-refractivity contribution in [3.63, 3.8) is 0 Å². The molecule has 7 heteroatoms. The van der Waals surface area contributed by atoms with Crippen LogP contribution in [0.5, 0.6) is 0 Å². The van der Waals surface area contributed by atoms with E-state index in [1.807, 2.05) is 12.3 Å². The van der Waals surface area contributed by atoms with Gasteiger partial charge in [0.15, 0.2) is 0 Å². The zero-order valence-corrected chi connectivity index (χ0v) is 16.1. The smallest absolute Gasteiger partial charge is 0.264 e. The molecule has 0 aliphatic heterocycles. The summed E-state index contributed by atoms with van der Waals surface area (Å²) in [6, 6.07) is 6.45. The van der Waals surface area contributed by atoms with Gasteiger partial charge in [0.2, 0.25) is 0 Å². The molecule has 0 radical (unpaired) electrons. The van der Waals surface area contributed by atoms with Gasteiger partial charge < -0.3 is 9.88 Å². The topological polar surface area (TPSA) is 59.8 Å². The molecular formula is C21H22F2N4O. The molecule has 0 amide bonds. The van der Waals surface area contributed by atoms with Crippen LogP contribution in [0.1, 0.15) is 48.7 Å². The van der Waals surface area contributed by atoms with Crippen molar-refractivity contribution in [3.8, 4) is 0 Å². The number of benzene rings is 1. The minimum Gasteiger partial charge on any atom is -0.365 e. The quantitative estimate of drug-likeness (QED) is 0.705. The van der Waals surface area contributed by atoms with E-state index >= 15 is 0 Å². The number of nitrogens with one attached hydrogen (secondary N) is 1. The Morgan fingerprint density at radius 1 is 1.25 bits per heavy atom. The lowest BCUT2D eigenvalue weighted by atomic mass is 10.0. The van der Waals surface area contributed by atoms with E-state index < -0.39 is 6.43 Å². The van der Waals surface area contributed by atoms with Crippen LogP contribution in [-0.4, -0.2) is 14.5 Å². The molecule has 0 bridgehead atoms. The third kappa shape index (κ3) is 3.25. The van der Waals surface area contributed by atoms with Gasteiger partial charge in [0.25, 0.3) is 12.0 Å². The largest absolute Gasteiger partial charge is 0.365 e. The van der Waals surface area contributed by atoms with E-state index in [2.05, 4.69) is 22.2 Å². The Kier molecular flexibility index (Phi) is 4.40. The number of aromatic nitrogens is 3. The first kappa shape index (κ1) is 18.5. The van der Waals surface area contributed by atoms with Gasteiger partial charge >= 0.3 is 0 Å². The number of nitrogens with zero attached hydrogens (tertiary/aromatic N) is 3. The van der Waals surface area contributed by atoms with E-state index in [0.29, 0.717) is 29.3 Å². The summed E-state index contributed by atoms with van der Waals surface area (Å²) in [5.41, 5.74) is 1.76. The molecule has 1 N–H and O–H groups in total. The molecule has 3 aromatic rings. The normalized spacial score (nSPS) is 15.2. The Morgan fingerprint density at radius 2 is 2.00 bits per heavy atom. The minimum absolute atomic E-state index is 0.0403. The van der Waals surface area contributed by atoms with Gasteiger partial charge in [0, 0.05) is 29.9 Å². The van der Waals surface area contributed by atoms with E-state index in [1.54, 1.807) is 30.5 Å². The van der Waals surface area contributed by atoms with Crippen molar-refractivity contribution in [2.75, 3.05) is 5.32 Å². The number of fused-ring (bicyclic) bond motifs is 1. The van der Waals surface area contributed by atoms with Crippen molar-refractivity contribution >= 4 is 16.7 Å². The standard InChI is InChI=1S/C21H22F2N4O/c1-12-14(5-4-6-15(12)19(22)23)10-24-20-16-11-27(21(3)7-8-21)18(28)9-17(16)25-13(2)26-20/h4-6,9,11,19H,7-8,10H2,1-3H3,(H,24,25,26). The Hall–Kier alpha value is -2.83. The molecule has 5 nitrogen and oxygen atoms in total. The first-order valence-electron chi connectivity index (χ1n) is 9.30. The first-order valence-corrected chi connectivity index (χ1v) is 9.30. The highest BCUT2D eigenvalue weighted by Crippen LogP contribution is 2.42. The van der Waals surface area contributed by atoms with Crippen LogP contribution in [0.2, 0.25) is 0 Å². The average molecular weight is 384 g/mol. The number of alkyl halides is 2. The maximum atomic E-state index is 13.2. The zero-order valence-electron chi connectivity index (χ0n) is 16.1. The van der Waals surface area contributed by atoms with Gasteiger partial charge in [-0.3, -0.25) is 4.79 Å². The van der Waals surface area contributed by atoms with Crippen LogP contribution in [0.15, 0.2) is 35.3 Å². The van der Waals surface area contributed by atoms with E-state index in [0.717, 1.165) is 23.8 Å². The van der Waals surface area contributed by atoms with Gasteiger partial charge in [0.1, 0.15) is 11.6 Å². The van der Waals surface area contributed by atoms with Gasteiger partial charge in [-0.2, -0.15) is 0 Å². The summed E-state index contributed by atoms with van der Waals surface area (Å²) in [4.78, 5) is 21.4. The van der Waals surface area contributed by atoms with Crippen LogP contribution in [-0.2, 0) is 12.1 Å². The third-order valence-corrected chi connectivity index (χ3v) is 5.57. The second kappa shape index (κ2) is 6.65. The van der Waals surface area contributed by atoms with Gasteiger partial charge in [0.05, 0.1) is 10.9 Å². The lowest BCUT2D eigenvalue weighted by Gasteiger charge is -2.16. The van der Waals surface area contributed by atoms with Crippen molar-refractivity contribution < 1.29 is 8.78 Å². The molecule has 28 heavy (non-hydrogen) atoms. The summed E-state index contributed by atoms with van der Waals surface area (Å²) < 4.78 is 28.1. The second-order valence-corrected chi connectivity index (χ2v) is 7.68. The van der Waals surface area contributed by atoms with Crippen LogP contribution in [0.4, 0.5) is 14.6 Å². The molecule has 0 saturated heterocycles. The fraction of sp³-hybridized carbons (Fsp3) is 0.381. The molecule has 1 aromatic carbocycles. The molecule has 4 rings (SSSR count). The highest BCUT2D eigenvalue weighted by Gasteiger charge is 2.40. The Bertz CT molecular complexity index is 1120. The second-order valence-electron chi connectivity index (χ2n) is 7.68.